The lowest BCUT2D eigenvalue weighted by atomic mass is 9.98. The van der Waals surface area contributed by atoms with Crippen LogP contribution >= 0.6 is 62.9 Å². The van der Waals surface area contributed by atoms with Crippen molar-refractivity contribution >= 4 is 68.9 Å². The minimum Gasteiger partial charge on any atom is -0.453 e. The van der Waals surface area contributed by atoms with Gasteiger partial charge < -0.3 is 54.7 Å². The van der Waals surface area contributed by atoms with E-state index in [1.54, 1.807) is 6.92 Å². The van der Waals surface area contributed by atoms with Gasteiger partial charge in [-0.2, -0.15) is 0 Å². The third-order valence-corrected chi connectivity index (χ3v) is 13.7. The van der Waals surface area contributed by atoms with Crippen molar-refractivity contribution in [3.05, 3.63) is 12.2 Å². The highest BCUT2D eigenvalue weighted by molar-refractivity contribution is 9.13. The van der Waals surface area contributed by atoms with Crippen LogP contribution in [0.5, 0.6) is 0 Å². The van der Waals surface area contributed by atoms with Crippen molar-refractivity contribution in [1.29, 1.82) is 0 Å². The van der Waals surface area contributed by atoms with Gasteiger partial charge in [-0.15, -0.1) is 0 Å². The number of carbonyl (C=O) groups excluding carboxylic acids is 1. The molecule has 7 N–H and O–H groups in total. The zero-order valence-electron chi connectivity index (χ0n) is 32.5. The summed E-state index contributed by atoms with van der Waals surface area (Å²) in [6.45, 7) is 1.53. The Morgan fingerprint density at radius 1 is 0.857 bits per heavy atom. The van der Waals surface area contributed by atoms with Crippen LogP contribution < -0.4 is 0 Å². The normalized spacial score (nSPS) is 29.6. The minimum absolute atomic E-state index is 0.541. The average Bonchev–Trinajstić information content (AvgIpc) is 3.44. The van der Waals surface area contributed by atoms with Crippen LogP contribution in [0.4, 0.5) is 0 Å². The lowest BCUT2D eigenvalue weighted by Crippen LogP contribution is -2.63. The molecule has 332 valence electrons. The number of unbranched alkanes of at least 4 members (excludes halogenated alkanes) is 10. The fourth-order valence-electron chi connectivity index (χ4n) is 5.81. The summed E-state index contributed by atoms with van der Waals surface area (Å²) in [5, 5.41) is 69.7. The fraction of sp³-hybridized carbons (Fsp3) is 0.914. The van der Waals surface area contributed by atoms with Gasteiger partial charge in [0, 0.05) is 14.2 Å². The van der Waals surface area contributed by atoms with E-state index in [-0.39, 0.29) is 0 Å². The van der Waals surface area contributed by atoms with Gasteiger partial charge in [0.2, 0.25) is 9.03 Å². The van der Waals surface area contributed by atoms with E-state index in [2.05, 4.69) is 60.0 Å². The van der Waals surface area contributed by atoms with Crippen LogP contribution in [-0.4, -0.2) is 139 Å². The first-order valence-electron chi connectivity index (χ1n) is 18.9. The molecule has 0 radical (unpaired) electrons. The molecular weight excluding hydrogens is 938 g/mol. The second kappa shape index (κ2) is 28.1. The van der Waals surface area contributed by atoms with Gasteiger partial charge in [0.15, 0.2) is 17.4 Å². The zero-order valence-corrected chi connectivity index (χ0v) is 38.1. The van der Waals surface area contributed by atoms with Gasteiger partial charge >= 0.3 is 13.8 Å². The summed E-state index contributed by atoms with van der Waals surface area (Å²) >= 11 is 17.0. The number of rotatable bonds is 26. The molecule has 2 rings (SSSR count). The summed E-state index contributed by atoms with van der Waals surface area (Å²) < 4.78 is 45.9. The van der Waals surface area contributed by atoms with Crippen LogP contribution in [0.2, 0.25) is 0 Å². The molecule has 0 spiro atoms. The minimum atomic E-state index is -3.58. The summed E-state index contributed by atoms with van der Waals surface area (Å²) in [5.74, 6) is -3.47. The lowest BCUT2D eigenvalue weighted by molar-refractivity contribution is -0.384. The maximum atomic E-state index is 13.0. The third kappa shape index (κ3) is 18.2. The Labute approximate surface area is 357 Å². The maximum Gasteiger partial charge on any atom is 0.475 e. The van der Waals surface area contributed by atoms with E-state index in [1.165, 1.54) is 52.7 Å². The summed E-state index contributed by atoms with van der Waals surface area (Å²) in [5.41, 5.74) is 0. The first-order chi connectivity index (χ1) is 26.4. The van der Waals surface area contributed by atoms with Gasteiger partial charge in [0.25, 0.3) is 0 Å². The average molecular weight is 1000 g/mol. The Bertz CT molecular complexity index is 1150. The van der Waals surface area contributed by atoms with Crippen molar-refractivity contribution < 1.29 is 77.6 Å². The molecule has 0 bridgehead atoms. The van der Waals surface area contributed by atoms with E-state index in [4.69, 9.17) is 46.7 Å². The predicted molar refractivity (Wildman–Crippen MR) is 215 cm³/mol. The van der Waals surface area contributed by atoms with E-state index in [0.717, 1.165) is 38.5 Å². The number of hydrogen-bond donors (Lipinski definition) is 7. The zero-order chi connectivity index (χ0) is 42.5. The molecule has 2 heterocycles. The number of hydrogen-bond acceptors (Lipinski definition) is 16. The van der Waals surface area contributed by atoms with Crippen molar-refractivity contribution in [2.45, 2.75) is 160 Å². The topological polar surface area (TPSA) is 240 Å². The van der Waals surface area contributed by atoms with E-state index >= 15 is 0 Å². The number of aliphatic hydroxyl groups excluding tert-OH is 7. The van der Waals surface area contributed by atoms with Gasteiger partial charge in [0.1, 0.15) is 43.2 Å². The largest absolute Gasteiger partial charge is 0.475 e. The van der Waals surface area contributed by atoms with E-state index in [9.17, 15) is 45.1 Å². The molecule has 0 aliphatic carbocycles. The van der Waals surface area contributed by atoms with Gasteiger partial charge in [-0.1, -0.05) is 116 Å². The number of esters is 1. The first kappa shape index (κ1) is 54.5. The number of allylic oxidation sites excluding steroid dienone is 2. The second-order valence-electron chi connectivity index (χ2n) is 13.7. The summed E-state index contributed by atoms with van der Waals surface area (Å²) in [4.78, 5) is 13.0. The van der Waals surface area contributed by atoms with Crippen molar-refractivity contribution in [3.8, 4) is 0 Å². The number of ether oxygens (including phenoxy) is 4. The van der Waals surface area contributed by atoms with Crippen LogP contribution in [0.15, 0.2) is 12.2 Å². The van der Waals surface area contributed by atoms with E-state index in [0.29, 0.717) is 6.42 Å². The molecule has 0 saturated carbocycles. The molecule has 0 amide bonds. The summed E-state index contributed by atoms with van der Waals surface area (Å²) in [7, 11) is -1.21. The Morgan fingerprint density at radius 2 is 1.39 bits per heavy atom. The Balaban J connectivity index is 0.00000103. The second-order valence-corrected chi connectivity index (χ2v) is 19.9. The van der Waals surface area contributed by atoms with Crippen molar-refractivity contribution in [2.24, 2.45) is 5.92 Å². The smallest absolute Gasteiger partial charge is 0.453 e. The molecule has 2 unspecified atom stereocenters. The standard InChI is InChI=1S/C31H56O12.C4H7Br2Cl2O4P/c1-3-4-5-6-7-8-9-10-11-12-13-14-15-16-17-21(2)29(39)41-28-25(36)23(19-33)42-31(28,20-34)43-30-27(38)26(37)24(35)22(18-32)40-30;1-10-13(9,11-2)12-3(5)4(6,7)8/h10-11,21-28,30,32-38H,3-9,12-20H2,1-2H3;3H,1-2H3/b11-10-;/t21?,22-,23-,24-,25-,26+,27-,28+,30-,31+;/m1./s1. The number of alkyl halides is 4. The highest BCUT2D eigenvalue weighted by Gasteiger charge is 2.61. The highest BCUT2D eigenvalue weighted by atomic mass is 79.9. The van der Waals surface area contributed by atoms with Crippen LogP contribution in [0, 0.1) is 5.92 Å². The molecule has 0 aromatic rings. The molecule has 2 fully saturated rings. The van der Waals surface area contributed by atoms with Gasteiger partial charge in [-0.05, 0) is 48.0 Å². The molecule has 56 heavy (non-hydrogen) atoms. The molecule has 0 aromatic heterocycles. The van der Waals surface area contributed by atoms with E-state index < -0.39 is 103 Å². The Morgan fingerprint density at radius 3 is 1.89 bits per heavy atom. The van der Waals surface area contributed by atoms with Crippen LogP contribution in [-0.2, 0) is 41.9 Å². The van der Waals surface area contributed by atoms with Crippen LogP contribution in [0.1, 0.15) is 97.3 Å². The molecule has 16 nitrogen and oxygen atoms in total. The number of carbonyl (C=O) groups is 1. The van der Waals surface area contributed by atoms with Crippen LogP contribution in [0.3, 0.4) is 0 Å². The molecule has 21 heteroatoms. The van der Waals surface area contributed by atoms with Crippen molar-refractivity contribution in [1.82, 2.24) is 0 Å². The SMILES string of the molecule is CCCCCCCC/C=C\CCCCCCC(C)C(=O)O[C@H]1[C@H](O)[C@@H](CO)O[C@@]1(CO)O[C@H]1O[C@H](CO)[C@@H](O)[C@H](O)[C@H]1O.COP(=O)(OC)OC(Br)C(Cl)(Cl)Br. The molecule has 2 aliphatic rings. The van der Waals surface area contributed by atoms with Gasteiger partial charge in [0.05, 0.1) is 19.1 Å². The molecule has 0 aromatic carbocycles. The van der Waals surface area contributed by atoms with Crippen molar-refractivity contribution in [2.75, 3.05) is 34.0 Å². The summed E-state index contributed by atoms with van der Waals surface area (Å²) in [6.07, 6.45) is 6.11. The monoisotopic (exact) mass is 998 g/mol. The van der Waals surface area contributed by atoms with Crippen molar-refractivity contribution in [3.63, 3.8) is 0 Å². The van der Waals surface area contributed by atoms with Crippen LogP contribution in [0.25, 0.3) is 0 Å². The number of aliphatic hydroxyl groups is 7. The predicted octanol–water partition coefficient (Wildman–Crippen LogP) is 5.09. The highest BCUT2D eigenvalue weighted by Crippen LogP contribution is 2.53. The third-order valence-electron chi connectivity index (χ3n) is 9.26. The van der Waals surface area contributed by atoms with Gasteiger partial charge in [-0.3, -0.25) is 18.4 Å². The summed E-state index contributed by atoms with van der Waals surface area (Å²) in [6, 6.07) is 0. The fourth-order valence-corrected chi connectivity index (χ4v) is 7.58. The quantitative estimate of drug-likeness (QED) is 0.0196. The molecule has 2 aliphatic heterocycles. The maximum absolute atomic E-state index is 13.0. The molecule has 11 atom stereocenters. The first-order valence-corrected chi connectivity index (χ1v) is 22.8. The van der Waals surface area contributed by atoms with Gasteiger partial charge in [-0.25, -0.2) is 4.57 Å². The lowest BCUT2D eigenvalue weighted by Gasteiger charge is -2.43. The number of phosphoric acid groups is 1. The Kier molecular flexibility index (Phi) is 27.4. The Hall–Kier alpha value is 0.460. The number of halogens is 4. The molecule has 2 saturated heterocycles. The van der Waals surface area contributed by atoms with E-state index in [1.807, 2.05) is 0 Å². The molecular formula is C35H63Br2Cl2O16P. The number of phosphoric ester groups is 1.